The van der Waals surface area contributed by atoms with Gasteiger partial charge in [-0.15, -0.1) is 13.2 Å². The fourth-order valence-electron chi connectivity index (χ4n) is 3.83. The van der Waals surface area contributed by atoms with E-state index in [2.05, 4.69) is 4.74 Å². The molecule has 2 aliphatic heterocycles. The zero-order valence-corrected chi connectivity index (χ0v) is 17.6. The number of halogens is 3. The van der Waals surface area contributed by atoms with Crippen molar-refractivity contribution >= 4 is 28.8 Å². The van der Waals surface area contributed by atoms with Crippen LogP contribution in [0.15, 0.2) is 48.7 Å². The molecule has 2 amide bonds. The highest BCUT2D eigenvalue weighted by Gasteiger charge is 2.35. The maximum absolute atomic E-state index is 12.9. The van der Waals surface area contributed by atoms with E-state index in [0.717, 1.165) is 11.1 Å². The van der Waals surface area contributed by atoms with Crippen LogP contribution in [-0.2, 0) is 9.59 Å². The van der Waals surface area contributed by atoms with Gasteiger partial charge in [-0.05, 0) is 53.5 Å². The number of carbonyl (C=O) groups excluding carboxylic acids is 2. The lowest BCUT2D eigenvalue weighted by Gasteiger charge is -2.34. The number of alkyl halides is 3. The van der Waals surface area contributed by atoms with E-state index in [-0.39, 0.29) is 36.0 Å². The quantitative estimate of drug-likeness (QED) is 0.692. The van der Waals surface area contributed by atoms with Crippen molar-refractivity contribution in [1.82, 2.24) is 0 Å². The lowest BCUT2D eigenvalue weighted by atomic mass is 9.81. The van der Waals surface area contributed by atoms with Crippen LogP contribution in [0.4, 0.5) is 24.5 Å². The Hall–Kier alpha value is -3.49. The van der Waals surface area contributed by atoms with Crippen molar-refractivity contribution in [3.63, 3.8) is 0 Å². The normalized spacial score (nSPS) is 21.1. The molecule has 0 aromatic heterocycles. The Balaban J connectivity index is 1.69. The molecule has 2 aromatic rings. The van der Waals surface area contributed by atoms with Crippen LogP contribution >= 0.6 is 0 Å². The lowest BCUT2D eigenvalue weighted by molar-refractivity contribution is -0.274. The van der Waals surface area contributed by atoms with Gasteiger partial charge in [-0.2, -0.15) is 0 Å². The Kier molecular flexibility index (Phi) is 5.36. The summed E-state index contributed by atoms with van der Waals surface area (Å²) in [7, 11) is 1.68. The number of carbonyl (C=O) groups is 2. The molecule has 2 unspecified atom stereocenters. The molecule has 4 rings (SSSR count). The van der Waals surface area contributed by atoms with Gasteiger partial charge in [-0.1, -0.05) is 19.9 Å². The molecule has 0 N–H and O–H groups in total. The second-order valence-corrected chi connectivity index (χ2v) is 7.84. The lowest BCUT2D eigenvalue weighted by Crippen LogP contribution is -2.38. The van der Waals surface area contributed by atoms with E-state index in [1.54, 1.807) is 19.3 Å². The van der Waals surface area contributed by atoms with Crippen molar-refractivity contribution in [3.8, 4) is 11.5 Å². The van der Waals surface area contributed by atoms with E-state index < -0.39 is 6.36 Å². The second-order valence-electron chi connectivity index (χ2n) is 7.84. The van der Waals surface area contributed by atoms with Gasteiger partial charge in [0.2, 0.25) is 5.91 Å². The number of anilines is 2. The summed E-state index contributed by atoms with van der Waals surface area (Å²) < 4.78 is 46.8. The molecule has 32 heavy (non-hydrogen) atoms. The zero-order chi connectivity index (χ0) is 23.2. The fraction of sp³-hybridized carbons (Fsp3) is 0.304. The number of fused-ring (bicyclic) bond motifs is 1. The van der Waals surface area contributed by atoms with Crippen LogP contribution in [0.1, 0.15) is 19.4 Å². The molecule has 168 valence electrons. The highest BCUT2D eigenvalue weighted by atomic mass is 19.4. The summed E-state index contributed by atoms with van der Waals surface area (Å²) in [5, 5.41) is 0. The average Bonchev–Trinajstić information content (AvgIpc) is 2.74. The van der Waals surface area contributed by atoms with Gasteiger partial charge in [0.25, 0.3) is 5.91 Å². The Morgan fingerprint density at radius 2 is 1.72 bits per heavy atom. The Bertz CT molecular complexity index is 1100. The van der Waals surface area contributed by atoms with E-state index in [9.17, 15) is 22.8 Å². The molecule has 0 aliphatic carbocycles. The van der Waals surface area contributed by atoms with Crippen molar-refractivity contribution < 1.29 is 32.2 Å². The SMILES string of the molecule is CC1C(=O)N(c2ccc(OC(F)(F)F)cc2)C=C(c2ccc3c(c2)OCC(=O)N3C)C1C. The monoisotopic (exact) mass is 446 g/mol. The van der Waals surface area contributed by atoms with Crippen LogP contribution in [0.25, 0.3) is 5.57 Å². The second kappa shape index (κ2) is 7.89. The third-order valence-electron chi connectivity index (χ3n) is 5.86. The minimum Gasteiger partial charge on any atom is -0.482 e. The van der Waals surface area contributed by atoms with E-state index in [1.165, 1.54) is 34.1 Å². The number of ether oxygens (including phenoxy) is 2. The van der Waals surface area contributed by atoms with E-state index >= 15 is 0 Å². The maximum Gasteiger partial charge on any atom is 0.573 e. The first-order valence-corrected chi connectivity index (χ1v) is 9.99. The molecule has 2 heterocycles. The first-order chi connectivity index (χ1) is 15.0. The van der Waals surface area contributed by atoms with Gasteiger partial charge < -0.3 is 14.4 Å². The summed E-state index contributed by atoms with van der Waals surface area (Å²) in [4.78, 5) is 27.8. The fourth-order valence-corrected chi connectivity index (χ4v) is 3.83. The van der Waals surface area contributed by atoms with Crippen LogP contribution in [0.3, 0.4) is 0 Å². The van der Waals surface area contributed by atoms with Gasteiger partial charge in [-0.3, -0.25) is 14.5 Å². The molecule has 9 heteroatoms. The van der Waals surface area contributed by atoms with Gasteiger partial charge in [0.15, 0.2) is 6.61 Å². The topological polar surface area (TPSA) is 59.1 Å². The summed E-state index contributed by atoms with van der Waals surface area (Å²) in [5.74, 6) is -0.552. The third-order valence-corrected chi connectivity index (χ3v) is 5.86. The Morgan fingerprint density at radius 3 is 2.38 bits per heavy atom. The van der Waals surface area contributed by atoms with Crippen molar-refractivity contribution in [3.05, 3.63) is 54.2 Å². The van der Waals surface area contributed by atoms with Crippen LogP contribution in [0.5, 0.6) is 11.5 Å². The van der Waals surface area contributed by atoms with Crippen LogP contribution < -0.4 is 19.3 Å². The predicted molar refractivity (Wildman–Crippen MR) is 112 cm³/mol. The number of rotatable bonds is 3. The standard InChI is InChI=1S/C23H21F3N2O4/c1-13-14(2)22(30)28(16-5-7-17(8-6-16)32-23(24,25)26)11-18(13)15-4-9-19-20(10-15)31-12-21(29)27(19)3/h4-11,13-14H,12H2,1-3H3. The average molecular weight is 446 g/mol. The molecule has 0 radical (unpaired) electrons. The van der Waals surface area contributed by atoms with Gasteiger partial charge in [-0.25, -0.2) is 0 Å². The minimum absolute atomic E-state index is 0.0467. The summed E-state index contributed by atoms with van der Waals surface area (Å²) in [5.41, 5.74) is 2.80. The van der Waals surface area contributed by atoms with Gasteiger partial charge >= 0.3 is 6.36 Å². The summed E-state index contributed by atoms with van der Waals surface area (Å²) in [6.45, 7) is 3.71. The molecular weight excluding hydrogens is 425 g/mol. The maximum atomic E-state index is 12.9. The van der Waals surface area contributed by atoms with Crippen molar-refractivity contribution in [2.75, 3.05) is 23.5 Å². The highest BCUT2D eigenvalue weighted by Crippen LogP contribution is 2.40. The molecule has 0 bridgehead atoms. The van der Waals surface area contributed by atoms with Crippen LogP contribution in [-0.4, -0.2) is 31.8 Å². The predicted octanol–water partition coefficient (Wildman–Crippen LogP) is 4.60. The summed E-state index contributed by atoms with van der Waals surface area (Å²) >= 11 is 0. The smallest absolute Gasteiger partial charge is 0.482 e. The number of allylic oxidation sites excluding steroid dienone is 1. The zero-order valence-electron chi connectivity index (χ0n) is 17.6. The first-order valence-electron chi connectivity index (χ1n) is 9.99. The first kappa shape index (κ1) is 21.7. The number of hydrogen-bond donors (Lipinski definition) is 0. The molecule has 2 aromatic carbocycles. The van der Waals surface area contributed by atoms with Crippen molar-refractivity contribution in [2.24, 2.45) is 11.8 Å². The Labute approximate surface area is 182 Å². The minimum atomic E-state index is -4.79. The van der Waals surface area contributed by atoms with E-state index in [1.807, 2.05) is 26.0 Å². The molecule has 0 saturated heterocycles. The molecule has 0 spiro atoms. The summed E-state index contributed by atoms with van der Waals surface area (Å²) in [6.07, 6.45) is -3.08. The molecule has 2 aliphatic rings. The number of amides is 2. The number of benzene rings is 2. The van der Waals surface area contributed by atoms with E-state index in [0.29, 0.717) is 17.1 Å². The number of likely N-dealkylation sites (N-methyl/N-ethyl adjacent to an activating group) is 1. The molecule has 0 saturated carbocycles. The molecule has 2 atom stereocenters. The molecule has 0 fully saturated rings. The highest BCUT2D eigenvalue weighted by molar-refractivity contribution is 6.02. The molecule has 6 nitrogen and oxygen atoms in total. The van der Waals surface area contributed by atoms with Crippen molar-refractivity contribution in [2.45, 2.75) is 20.2 Å². The molecular formula is C23H21F3N2O4. The number of hydrogen-bond acceptors (Lipinski definition) is 4. The summed E-state index contributed by atoms with van der Waals surface area (Å²) in [6, 6.07) is 10.7. The van der Waals surface area contributed by atoms with Crippen molar-refractivity contribution in [1.29, 1.82) is 0 Å². The third kappa shape index (κ3) is 4.02. The van der Waals surface area contributed by atoms with Gasteiger partial charge in [0.05, 0.1) is 5.69 Å². The number of nitrogens with zero attached hydrogens (tertiary/aromatic N) is 2. The van der Waals surface area contributed by atoms with Gasteiger partial charge in [0, 0.05) is 24.9 Å². The van der Waals surface area contributed by atoms with Crippen LogP contribution in [0, 0.1) is 11.8 Å². The van der Waals surface area contributed by atoms with Gasteiger partial charge in [0.1, 0.15) is 11.5 Å². The largest absolute Gasteiger partial charge is 0.573 e. The van der Waals surface area contributed by atoms with Crippen LogP contribution in [0.2, 0.25) is 0 Å². The Morgan fingerprint density at radius 1 is 1.03 bits per heavy atom. The van der Waals surface area contributed by atoms with E-state index in [4.69, 9.17) is 4.74 Å².